The summed E-state index contributed by atoms with van der Waals surface area (Å²) >= 11 is 6.78. The molecule has 1 amide bonds. The van der Waals surface area contributed by atoms with Crippen molar-refractivity contribution in [2.75, 3.05) is 6.54 Å². The van der Waals surface area contributed by atoms with Gasteiger partial charge in [-0.05, 0) is 36.7 Å². The molecule has 0 unspecified atom stereocenters. The maximum Gasteiger partial charge on any atom is 0.252 e. The third kappa shape index (κ3) is 3.60. The van der Waals surface area contributed by atoms with Gasteiger partial charge in [0.05, 0.1) is 23.7 Å². The molecule has 0 aliphatic carbocycles. The molecule has 8 nitrogen and oxygen atoms in total. The standard InChI is InChI=1S/C18H19N7OS2/c1-11-8-13(17(26)19-6-5-15-22-23-18(27)24(15)2)14-9-20-25(16(14)21-11)10-12-4-3-7-28-12/h3-4,7-9H,5-6,10H2,1-2H3,(H,19,26)(H,23,27). The van der Waals surface area contributed by atoms with Crippen LogP contribution in [0.5, 0.6) is 0 Å². The summed E-state index contributed by atoms with van der Waals surface area (Å²) < 4.78 is 4.19. The fourth-order valence-electron chi connectivity index (χ4n) is 3.01. The third-order valence-corrected chi connectivity index (χ3v) is 5.70. The van der Waals surface area contributed by atoms with Crippen molar-refractivity contribution in [3.05, 3.63) is 56.5 Å². The van der Waals surface area contributed by atoms with Crippen LogP contribution in [-0.2, 0) is 20.0 Å². The Morgan fingerprint density at radius 3 is 3.00 bits per heavy atom. The van der Waals surface area contributed by atoms with Crippen LogP contribution in [0.15, 0.2) is 29.8 Å². The second-order valence-corrected chi connectivity index (χ2v) is 7.86. The van der Waals surface area contributed by atoms with Gasteiger partial charge >= 0.3 is 0 Å². The highest BCUT2D eigenvalue weighted by Gasteiger charge is 2.16. The monoisotopic (exact) mass is 413 g/mol. The van der Waals surface area contributed by atoms with Crippen LogP contribution in [0.3, 0.4) is 0 Å². The Bertz CT molecular complexity index is 1190. The molecule has 4 aromatic rings. The molecule has 10 heteroatoms. The molecule has 28 heavy (non-hydrogen) atoms. The Labute approximate surface area is 170 Å². The van der Waals surface area contributed by atoms with E-state index in [2.05, 4.69) is 31.7 Å². The highest BCUT2D eigenvalue weighted by atomic mass is 32.1. The average molecular weight is 414 g/mol. The number of H-pyrrole nitrogens is 1. The number of carbonyl (C=O) groups is 1. The zero-order valence-electron chi connectivity index (χ0n) is 15.5. The zero-order chi connectivity index (χ0) is 19.7. The smallest absolute Gasteiger partial charge is 0.252 e. The molecule has 0 radical (unpaired) electrons. The van der Waals surface area contributed by atoms with E-state index in [1.807, 2.05) is 30.1 Å². The third-order valence-electron chi connectivity index (χ3n) is 4.47. The molecule has 0 saturated carbocycles. The lowest BCUT2D eigenvalue weighted by Gasteiger charge is -2.08. The summed E-state index contributed by atoms with van der Waals surface area (Å²) in [6, 6.07) is 5.87. The minimum atomic E-state index is -0.150. The molecule has 0 spiro atoms. The molecule has 4 rings (SSSR count). The van der Waals surface area contributed by atoms with Gasteiger partial charge in [-0.25, -0.2) is 9.67 Å². The zero-order valence-corrected chi connectivity index (χ0v) is 17.1. The number of nitrogens with one attached hydrogen (secondary N) is 2. The number of fused-ring (bicyclic) bond motifs is 1. The van der Waals surface area contributed by atoms with E-state index in [0.717, 1.165) is 16.9 Å². The number of nitrogens with zero attached hydrogens (tertiary/aromatic N) is 5. The Morgan fingerprint density at radius 1 is 1.43 bits per heavy atom. The fraction of sp³-hybridized carbons (Fsp3) is 0.278. The number of aromatic nitrogens is 6. The van der Waals surface area contributed by atoms with E-state index in [9.17, 15) is 4.79 Å². The van der Waals surface area contributed by atoms with Crippen LogP contribution in [-0.4, -0.2) is 42.0 Å². The van der Waals surface area contributed by atoms with Crippen molar-refractivity contribution in [2.24, 2.45) is 7.05 Å². The summed E-state index contributed by atoms with van der Waals surface area (Å²) in [4.78, 5) is 18.6. The summed E-state index contributed by atoms with van der Waals surface area (Å²) in [6.45, 7) is 2.98. The molecule has 0 saturated heterocycles. The second kappa shape index (κ2) is 7.64. The first kappa shape index (κ1) is 18.5. The van der Waals surface area contributed by atoms with Crippen molar-refractivity contribution in [2.45, 2.75) is 19.9 Å². The van der Waals surface area contributed by atoms with Gasteiger partial charge in [0.1, 0.15) is 5.82 Å². The maximum absolute atomic E-state index is 12.8. The minimum Gasteiger partial charge on any atom is -0.352 e. The highest BCUT2D eigenvalue weighted by Crippen LogP contribution is 2.20. The van der Waals surface area contributed by atoms with Gasteiger partial charge in [0.2, 0.25) is 0 Å². The number of rotatable bonds is 6. The number of aromatic amines is 1. The first-order chi connectivity index (χ1) is 13.5. The molecule has 4 heterocycles. The van der Waals surface area contributed by atoms with Gasteiger partial charge in [-0.2, -0.15) is 10.2 Å². The Hall–Kier alpha value is -2.85. The van der Waals surface area contributed by atoms with Crippen molar-refractivity contribution in [3.63, 3.8) is 0 Å². The summed E-state index contributed by atoms with van der Waals surface area (Å²) in [6.07, 6.45) is 2.29. The number of pyridine rings is 1. The Morgan fingerprint density at radius 2 is 2.29 bits per heavy atom. The lowest BCUT2D eigenvalue weighted by atomic mass is 10.1. The van der Waals surface area contributed by atoms with Crippen molar-refractivity contribution in [1.82, 2.24) is 34.8 Å². The SMILES string of the molecule is Cc1cc(C(=O)NCCc2n[nH]c(=S)n2C)c2cnn(Cc3cccs3)c2n1. The lowest BCUT2D eigenvalue weighted by Crippen LogP contribution is -2.26. The van der Waals surface area contributed by atoms with Crippen molar-refractivity contribution >= 4 is 40.5 Å². The molecule has 0 aliphatic heterocycles. The van der Waals surface area contributed by atoms with E-state index in [1.54, 1.807) is 28.2 Å². The van der Waals surface area contributed by atoms with Crippen LogP contribution in [0.4, 0.5) is 0 Å². The first-order valence-corrected chi connectivity index (χ1v) is 10.1. The molecule has 4 aromatic heterocycles. The van der Waals surface area contributed by atoms with Gasteiger partial charge in [0, 0.05) is 30.6 Å². The first-order valence-electron chi connectivity index (χ1n) is 8.77. The summed E-state index contributed by atoms with van der Waals surface area (Å²) in [5.41, 5.74) is 2.07. The van der Waals surface area contributed by atoms with Crippen LogP contribution < -0.4 is 5.32 Å². The topological polar surface area (TPSA) is 93.4 Å². The normalized spacial score (nSPS) is 11.2. The van der Waals surface area contributed by atoms with Crippen LogP contribution in [0.2, 0.25) is 0 Å². The minimum absolute atomic E-state index is 0.150. The summed E-state index contributed by atoms with van der Waals surface area (Å²) in [7, 11) is 1.85. The highest BCUT2D eigenvalue weighted by molar-refractivity contribution is 7.71. The number of carbonyl (C=O) groups excluding carboxylic acids is 1. The van der Waals surface area contributed by atoms with Gasteiger partial charge in [0.15, 0.2) is 10.4 Å². The average Bonchev–Trinajstić information content (AvgIpc) is 3.40. The van der Waals surface area contributed by atoms with E-state index < -0.39 is 0 Å². The van der Waals surface area contributed by atoms with Gasteiger partial charge in [-0.1, -0.05) is 6.07 Å². The van der Waals surface area contributed by atoms with Crippen molar-refractivity contribution in [3.8, 4) is 0 Å². The summed E-state index contributed by atoms with van der Waals surface area (Å²) in [5, 5.41) is 17.1. The predicted octanol–water partition coefficient (Wildman–Crippen LogP) is 2.61. The van der Waals surface area contributed by atoms with Crippen LogP contribution in [0.1, 0.15) is 26.8 Å². The van der Waals surface area contributed by atoms with E-state index in [4.69, 9.17) is 12.2 Å². The van der Waals surface area contributed by atoms with Gasteiger partial charge in [-0.15, -0.1) is 11.3 Å². The lowest BCUT2D eigenvalue weighted by molar-refractivity contribution is 0.0955. The molecule has 0 fully saturated rings. The quantitative estimate of drug-likeness (QED) is 0.474. The number of hydrogen-bond acceptors (Lipinski definition) is 6. The van der Waals surface area contributed by atoms with E-state index >= 15 is 0 Å². The number of amides is 1. The largest absolute Gasteiger partial charge is 0.352 e. The fourth-order valence-corrected chi connectivity index (χ4v) is 3.85. The number of hydrogen-bond donors (Lipinski definition) is 2. The Kier molecular flexibility index (Phi) is 5.05. The molecule has 0 atom stereocenters. The second-order valence-electron chi connectivity index (χ2n) is 6.44. The van der Waals surface area contributed by atoms with E-state index in [-0.39, 0.29) is 5.91 Å². The molecule has 0 aliphatic rings. The number of thiophene rings is 1. The van der Waals surface area contributed by atoms with Crippen molar-refractivity contribution < 1.29 is 4.79 Å². The molecular formula is C18H19N7OS2. The van der Waals surface area contributed by atoms with Gasteiger partial charge in [0.25, 0.3) is 5.91 Å². The van der Waals surface area contributed by atoms with E-state index in [1.165, 1.54) is 4.88 Å². The molecule has 0 aromatic carbocycles. The van der Waals surface area contributed by atoms with Crippen LogP contribution >= 0.6 is 23.6 Å². The molecule has 2 N–H and O–H groups in total. The van der Waals surface area contributed by atoms with Crippen LogP contribution in [0, 0.1) is 11.7 Å². The molecule has 0 bridgehead atoms. The summed E-state index contributed by atoms with van der Waals surface area (Å²) in [5.74, 6) is 0.646. The maximum atomic E-state index is 12.8. The van der Waals surface area contributed by atoms with Crippen molar-refractivity contribution in [1.29, 1.82) is 0 Å². The number of aryl methyl sites for hydroxylation is 1. The molecule has 144 valence electrons. The molecular weight excluding hydrogens is 394 g/mol. The van der Waals surface area contributed by atoms with Crippen LogP contribution in [0.25, 0.3) is 11.0 Å². The van der Waals surface area contributed by atoms with Gasteiger partial charge < -0.3 is 9.88 Å². The Balaban J connectivity index is 1.54. The predicted molar refractivity (Wildman–Crippen MR) is 110 cm³/mol. The van der Waals surface area contributed by atoms with E-state index in [0.29, 0.717) is 35.5 Å². The van der Waals surface area contributed by atoms with Gasteiger partial charge in [-0.3, -0.25) is 9.89 Å².